The molecule has 0 aliphatic heterocycles. The Hall–Kier alpha value is -2.12. The molecule has 3 atom stereocenters. The van der Waals surface area contributed by atoms with Crippen molar-refractivity contribution in [1.82, 2.24) is 5.32 Å². The van der Waals surface area contributed by atoms with E-state index in [1.54, 1.807) is 6.92 Å². The van der Waals surface area contributed by atoms with Crippen LogP contribution in [0.4, 0.5) is 0 Å². The van der Waals surface area contributed by atoms with E-state index in [0.717, 1.165) is 0 Å². The molecule has 0 radical (unpaired) electrons. The fraction of sp³-hybridized carbons (Fsp3) is 0.778. The highest BCUT2D eigenvalue weighted by atomic mass is 16.6. The lowest BCUT2D eigenvalue weighted by molar-refractivity contribution is -0.174. The second-order valence-electron chi connectivity index (χ2n) is 6.51. The maximum Gasteiger partial charge on any atom is 0.305 e. The molecular formula is C18H29NO7. The fourth-order valence-corrected chi connectivity index (χ4v) is 3.57. The van der Waals surface area contributed by atoms with Crippen molar-refractivity contribution in [3.8, 4) is 0 Å². The van der Waals surface area contributed by atoms with E-state index >= 15 is 0 Å². The van der Waals surface area contributed by atoms with Crippen molar-refractivity contribution in [2.75, 3.05) is 6.61 Å². The van der Waals surface area contributed by atoms with Crippen molar-refractivity contribution in [3.05, 3.63) is 0 Å². The van der Waals surface area contributed by atoms with Crippen LogP contribution < -0.4 is 5.32 Å². The molecule has 0 aromatic carbocycles. The summed E-state index contributed by atoms with van der Waals surface area (Å²) in [6.45, 7) is 5.98. The number of ether oxygens (including phenoxy) is 3. The molecule has 0 saturated heterocycles. The van der Waals surface area contributed by atoms with Crippen molar-refractivity contribution >= 4 is 23.8 Å². The van der Waals surface area contributed by atoms with Gasteiger partial charge in [0.15, 0.2) is 0 Å². The lowest BCUT2D eigenvalue weighted by atomic mass is 9.73. The Morgan fingerprint density at radius 3 is 1.96 bits per heavy atom. The van der Waals surface area contributed by atoms with Gasteiger partial charge in [0, 0.05) is 27.2 Å². The second-order valence-corrected chi connectivity index (χ2v) is 6.51. The topological polar surface area (TPSA) is 108 Å². The first-order valence-corrected chi connectivity index (χ1v) is 9.00. The normalized spacial score (nSPS) is 25.1. The molecule has 1 amide bonds. The summed E-state index contributed by atoms with van der Waals surface area (Å²) in [6.07, 6.45) is 1.38. The van der Waals surface area contributed by atoms with E-state index in [-0.39, 0.29) is 18.3 Å². The summed E-state index contributed by atoms with van der Waals surface area (Å²) in [5.41, 5.74) is -1.06. The zero-order valence-corrected chi connectivity index (χ0v) is 16.0. The van der Waals surface area contributed by atoms with Crippen LogP contribution in [-0.4, -0.2) is 48.2 Å². The third kappa shape index (κ3) is 6.31. The third-order valence-corrected chi connectivity index (χ3v) is 4.38. The number of esters is 3. The minimum Gasteiger partial charge on any atom is -0.466 e. The van der Waals surface area contributed by atoms with Gasteiger partial charge in [-0.3, -0.25) is 19.2 Å². The number of carbonyl (C=O) groups excluding carboxylic acids is 4. The zero-order chi connectivity index (χ0) is 19.7. The molecule has 0 spiro atoms. The molecule has 1 aliphatic carbocycles. The van der Waals surface area contributed by atoms with E-state index in [9.17, 15) is 19.2 Å². The maximum atomic E-state index is 11.9. The first-order valence-electron chi connectivity index (χ1n) is 9.00. The number of rotatable bonds is 8. The Morgan fingerprint density at radius 2 is 1.54 bits per heavy atom. The molecule has 1 fully saturated rings. The fourth-order valence-electron chi connectivity index (χ4n) is 3.57. The molecule has 1 N–H and O–H groups in total. The van der Waals surface area contributed by atoms with Crippen LogP contribution in [0.1, 0.15) is 66.2 Å². The van der Waals surface area contributed by atoms with Crippen molar-refractivity contribution in [2.24, 2.45) is 0 Å². The van der Waals surface area contributed by atoms with E-state index in [1.165, 1.54) is 20.8 Å². The maximum absolute atomic E-state index is 11.9. The average molecular weight is 371 g/mol. The van der Waals surface area contributed by atoms with Crippen molar-refractivity contribution in [2.45, 2.75) is 84.0 Å². The van der Waals surface area contributed by atoms with Crippen LogP contribution in [0.5, 0.6) is 0 Å². The largest absolute Gasteiger partial charge is 0.466 e. The Bertz CT molecular complexity index is 508. The van der Waals surface area contributed by atoms with Gasteiger partial charge in [-0.15, -0.1) is 0 Å². The zero-order valence-electron chi connectivity index (χ0n) is 16.0. The van der Waals surface area contributed by atoms with Gasteiger partial charge in [0.2, 0.25) is 5.91 Å². The molecule has 1 aliphatic rings. The quantitative estimate of drug-likeness (QED) is 0.510. The number of carbonyl (C=O) groups is 4. The average Bonchev–Trinajstić information content (AvgIpc) is 2.50. The smallest absolute Gasteiger partial charge is 0.305 e. The first kappa shape index (κ1) is 21.9. The summed E-state index contributed by atoms with van der Waals surface area (Å²) < 4.78 is 15.9. The number of hydrogen-bond acceptors (Lipinski definition) is 7. The summed E-state index contributed by atoms with van der Waals surface area (Å²) in [5, 5.41) is 2.87. The predicted octanol–water partition coefficient (Wildman–Crippen LogP) is 1.64. The number of amides is 1. The second kappa shape index (κ2) is 10.1. The van der Waals surface area contributed by atoms with E-state index in [0.29, 0.717) is 38.7 Å². The van der Waals surface area contributed by atoms with Gasteiger partial charge in [-0.2, -0.15) is 0 Å². The van der Waals surface area contributed by atoms with Crippen LogP contribution in [0.25, 0.3) is 0 Å². The Morgan fingerprint density at radius 1 is 1.00 bits per heavy atom. The Kier molecular flexibility index (Phi) is 8.54. The molecule has 0 aromatic heterocycles. The predicted molar refractivity (Wildman–Crippen MR) is 92.0 cm³/mol. The minimum atomic E-state index is -1.06. The van der Waals surface area contributed by atoms with E-state index in [2.05, 4.69) is 5.32 Å². The highest BCUT2D eigenvalue weighted by molar-refractivity contribution is 5.75. The van der Waals surface area contributed by atoms with E-state index in [4.69, 9.17) is 14.2 Å². The highest BCUT2D eigenvalue weighted by Crippen LogP contribution is 2.37. The van der Waals surface area contributed by atoms with Crippen molar-refractivity contribution in [3.63, 3.8) is 0 Å². The standard InChI is InChI=1S/C18H29NO7/c1-5-24-17(23)10-7-11-18(19-12(2)20)15(25-13(3)21)8-6-9-16(18)26-14(4)22/h15-16H,5-11H2,1-4H3,(H,19,20)/t15-,16+,18?. The Labute approximate surface area is 153 Å². The SMILES string of the molecule is CCOC(=O)CCCC1(NC(C)=O)[C@@H](OC(C)=O)CCC[C@H]1OC(C)=O. The van der Waals surface area contributed by atoms with Gasteiger partial charge in [-0.05, 0) is 39.0 Å². The van der Waals surface area contributed by atoms with Gasteiger partial charge in [0.25, 0.3) is 0 Å². The Balaban J connectivity index is 3.09. The van der Waals surface area contributed by atoms with Gasteiger partial charge >= 0.3 is 17.9 Å². The van der Waals surface area contributed by atoms with Crippen LogP contribution in [0.15, 0.2) is 0 Å². The summed E-state index contributed by atoms with van der Waals surface area (Å²) in [6, 6.07) is 0. The van der Waals surface area contributed by atoms with Gasteiger partial charge < -0.3 is 19.5 Å². The van der Waals surface area contributed by atoms with Crippen LogP contribution in [-0.2, 0) is 33.4 Å². The van der Waals surface area contributed by atoms with Crippen LogP contribution >= 0.6 is 0 Å². The molecule has 1 saturated carbocycles. The van der Waals surface area contributed by atoms with Crippen molar-refractivity contribution in [1.29, 1.82) is 0 Å². The first-order chi connectivity index (χ1) is 12.2. The van der Waals surface area contributed by atoms with Gasteiger partial charge in [0.1, 0.15) is 17.7 Å². The molecule has 8 nitrogen and oxygen atoms in total. The summed E-state index contributed by atoms with van der Waals surface area (Å²) in [7, 11) is 0. The summed E-state index contributed by atoms with van der Waals surface area (Å²) in [4.78, 5) is 46.7. The molecule has 8 heteroatoms. The molecule has 0 heterocycles. The van der Waals surface area contributed by atoms with E-state index in [1.807, 2.05) is 0 Å². The van der Waals surface area contributed by atoms with Gasteiger partial charge in [-0.1, -0.05) is 0 Å². The molecule has 26 heavy (non-hydrogen) atoms. The summed E-state index contributed by atoms with van der Waals surface area (Å²) in [5.74, 6) is -1.61. The van der Waals surface area contributed by atoms with E-state index < -0.39 is 29.7 Å². The lowest BCUT2D eigenvalue weighted by Gasteiger charge is -2.48. The lowest BCUT2D eigenvalue weighted by Crippen LogP contribution is -2.67. The minimum absolute atomic E-state index is 0.161. The van der Waals surface area contributed by atoms with Crippen LogP contribution in [0.3, 0.4) is 0 Å². The number of nitrogens with one attached hydrogen (secondary N) is 1. The summed E-state index contributed by atoms with van der Waals surface area (Å²) >= 11 is 0. The van der Waals surface area contributed by atoms with Crippen LogP contribution in [0.2, 0.25) is 0 Å². The molecule has 0 bridgehead atoms. The molecule has 1 rings (SSSR count). The van der Waals surface area contributed by atoms with Gasteiger partial charge in [-0.25, -0.2) is 0 Å². The third-order valence-electron chi connectivity index (χ3n) is 4.38. The molecule has 148 valence electrons. The van der Waals surface area contributed by atoms with Crippen LogP contribution in [0, 0.1) is 0 Å². The highest BCUT2D eigenvalue weighted by Gasteiger charge is 2.52. The molecular weight excluding hydrogens is 342 g/mol. The number of hydrogen-bond donors (Lipinski definition) is 1. The monoisotopic (exact) mass is 371 g/mol. The molecule has 0 aromatic rings. The van der Waals surface area contributed by atoms with Gasteiger partial charge in [0.05, 0.1) is 6.61 Å². The van der Waals surface area contributed by atoms with Crippen molar-refractivity contribution < 1.29 is 33.4 Å². The molecule has 1 unspecified atom stereocenters.